The Morgan fingerprint density at radius 1 is 0.938 bits per heavy atom. The van der Waals surface area contributed by atoms with Gasteiger partial charge < -0.3 is 5.11 Å². The molecule has 1 aromatic rings. The van der Waals surface area contributed by atoms with Gasteiger partial charge in [0.15, 0.2) is 0 Å². The van der Waals surface area contributed by atoms with Crippen LogP contribution in [-0.4, -0.2) is 5.11 Å². The molecule has 0 saturated carbocycles. The van der Waals surface area contributed by atoms with E-state index in [1.165, 1.54) is 12.1 Å². The number of halogens is 3. The Morgan fingerprint density at radius 2 is 1.31 bits per heavy atom. The summed E-state index contributed by atoms with van der Waals surface area (Å²) in [5, 5.41) is 10.1. The fourth-order valence-electron chi connectivity index (χ4n) is 1.63. The summed E-state index contributed by atoms with van der Waals surface area (Å²) in [6.07, 6.45) is -3.36. The molecule has 1 N–H and O–H groups in total. The predicted molar refractivity (Wildman–Crippen MR) is 55.9 cm³/mol. The molecule has 0 aliphatic rings. The topological polar surface area (TPSA) is 20.2 Å². The highest BCUT2D eigenvalue weighted by Gasteiger charge is 2.31. The van der Waals surface area contributed by atoms with E-state index in [9.17, 15) is 18.3 Å². The van der Waals surface area contributed by atoms with Crippen molar-refractivity contribution in [2.24, 2.45) is 0 Å². The minimum absolute atomic E-state index is 0.481. The van der Waals surface area contributed by atoms with Crippen LogP contribution in [0, 0.1) is 0 Å². The van der Waals surface area contributed by atoms with Crippen LogP contribution in [0.25, 0.3) is 0 Å². The van der Waals surface area contributed by atoms with Crippen molar-refractivity contribution in [3.05, 3.63) is 35.4 Å². The monoisotopic (exact) mass is 232 g/mol. The quantitative estimate of drug-likeness (QED) is 0.842. The van der Waals surface area contributed by atoms with E-state index >= 15 is 0 Å². The van der Waals surface area contributed by atoms with Gasteiger partial charge >= 0.3 is 6.18 Å². The van der Waals surface area contributed by atoms with E-state index in [4.69, 9.17) is 0 Å². The Hall–Kier alpha value is -1.03. The van der Waals surface area contributed by atoms with Crippen LogP contribution in [-0.2, 0) is 11.8 Å². The lowest BCUT2D eigenvalue weighted by Gasteiger charge is -2.26. The average Bonchev–Trinajstić information content (AvgIpc) is 2.27. The van der Waals surface area contributed by atoms with E-state index in [1.807, 2.05) is 0 Å². The van der Waals surface area contributed by atoms with Crippen molar-refractivity contribution < 1.29 is 18.3 Å². The van der Waals surface area contributed by atoms with E-state index in [1.54, 1.807) is 13.8 Å². The zero-order chi connectivity index (χ0) is 12.4. The summed E-state index contributed by atoms with van der Waals surface area (Å²) in [6, 6.07) is 4.70. The molecule has 0 fully saturated rings. The highest BCUT2D eigenvalue weighted by Crippen LogP contribution is 2.33. The van der Waals surface area contributed by atoms with Crippen molar-refractivity contribution in [3.63, 3.8) is 0 Å². The smallest absolute Gasteiger partial charge is 0.385 e. The first-order valence-corrected chi connectivity index (χ1v) is 5.23. The Bertz CT molecular complexity index is 336. The second-order valence-corrected chi connectivity index (χ2v) is 3.81. The zero-order valence-corrected chi connectivity index (χ0v) is 9.30. The average molecular weight is 232 g/mol. The molecule has 1 nitrogen and oxygen atoms in total. The molecule has 0 radical (unpaired) electrons. The first-order chi connectivity index (χ1) is 7.33. The molecular formula is C12H15F3O. The molecule has 0 saturated heterocycles. The standard InChI is InChI=1S/C12H15F3O/c1-3-11(16,4-2)9-5-7-10(8-6-9)12(13,14)15/h5-8,16H,3-4H2,1-2H3. The van der Waals surface area contributed by atoms with Crippen LogP contribution in [0.2, 0.25) is 0 Å². The van der Waals surface area contributed by atoms with Crippen LogP contribution in [0.4, 0.5) is 13.2 Å². The van der Waals surface area contributed by atoms with Crippen LogP contribution in [0.1, 0.15) is 37.8 Å². The van der Waals surface area contributed by atoms with Gasteiger partial charge in [-0.15, -0.1) is 0 Å². The summed E-state index contributed by atoms with van der Waals surface area (Å²) in [7, 11) is 0. The number of aliphatic hydroxyl groups is 1. The molecule has 0 aromatic heterocycles. The summed E-state index contributed by atoms with van der Waals surface area (Å²) in [5.41, 5.74) is -1.18. The summed E-state index contributed by atoms with van der Waals surface area (Å²) in [5.74, 6) is 0. The molecule has 0 bridgehead atoms. The molecule has 0 amide bonds. The third kappa shape index (κ3) is 2.55. The molecule has 0 aliphatic carbocycles. The maximum atomic E-state index is 12.3. The first kappa shape index (κ1) is 13.0. The first-order valence-electron chi connectivity index (χ1n) is 5.23. The van der Waals surface area contributed by atoms with E-state index in [2.05, 4.69) is 0 Å². The molecule has 16 heavy (non-hydrogen) atoms. The molecule has 90 valence electrons. The SMILES string of the molecule is CCC(O)(CC)c1ccc(C(F)(F)F)cc1. The second kappa shape index (κ2) is 4.45. The van der Waals surface area contributed by atoms with Gasteiger partial charge in [-0.1, -0.05) is 26.0 Å². The van der Waals surface area contributed by atoms with Crippen molar-refractivity contribution >= 4 is 0 Å². The molecule has 0 heterocycles. The molecule has 0 aliphatic heterocycles. The molecule has 0 spiro atoms. The molecule has 0 atom stereocenters. The third-order valence-electron chi connectivity index (χ3n) is 2.92. The Labute approximate surface area is 92.9 Å². The van der Waals surface area contributed by atoms with Crippen molar-refractivity contribution in [1.82, 2.24) is 0 Å². The summed E-state index contributed by atoms with van der Waals surface area (Å²) in [6.45, 7) is 3.61. The highest BCUT2D eigenvalue weighted by atomic mass is 19.4. The Balaban J connectivity index is 3.04. The lowest BCUT2D eigenvalue weighted by molar-refractivity contribution is -0.137. The normalized spacial score (nSPS) is 12.9. The van der Waals surface area contributed by atoms with Gasteiger partial charge in [0.2, 0.25) is 0 Å². The van der Waals surface area contributed by atoms with Crippen LogP contribution in [0.5, 0.6) is 0 Å². The number of hydrogen-bond acceptors (Lipinski definition) is 1. The van der Waals surface area contributed by atoms with E-state index in [0.29, 0.717) is 18.4 Å². The number of alkyl halides is 3. The molecular weight excluding hydrogens is 217 g/mol. The zero-order valence-electron chi connectivity index (χ0n) is 9.30. The summed E-state index contributed by atoms with van der Waals surface area (Å²) >= 11 is 0. The van der Waals surface area contributed by atoms with Crippen molar-refractivity contribution in [2.75, 3.05) is 0 Å². The van der Waals surface area contributed by atoms with Crippen LogP contribution >= 0.6 is 0 Å². The third-order valence-corrected chi connectivity index (χ3v) is 2.92. The van der Waals surface area contributed by atoms with Crippen molar-refractivity contribution in [1.29, 1.82) is 0 Å². The minimum atomic E-state index is -4.32. The fraction of sp³-hybridized carbons (Fsp3) is 0.500. The molecule has 0 unspecified atom stereocenters. The Morgan fingerprint density at radius 3 is 1.62 bits per heavy atom. The second-order valence-electron chi connectivity index (χ2n) is 3.81. The number of rotatable bonds is 3. The molecule has 4 heteroatoms. The molecule has 1 rings (SSSR count). The van der Waals surface area contributed by atoms with Crippen molar-refractivity contribution in [3.8, 4) is 0 Å². The largest absolute Gasteiger partial charge is 0.416 e. The number of hydrogen-bond donors (Lipinski definition) is 1. The lowest BCUT2D eigenvalue weighted by atomic mass is 9.88. The number of benzene rings is 1. The molecule has 1 aromatic carbocycles. The summed E-state index contributed by atoms with van der Waals surface area (Å²) < 4.78 is 37.0. The van der Waals surface area contributed by atoms with Gasteiger partial charge in [-0.05, 0) is 30.5 Å². The predicted octanol–water partition coefficient (Wildman–Crippen LogP) is 3.71. The van der Waals surface area contributed by atoms with E-state index < -0.39 is 17.3 Å². The maximum Gasteiger partial charge on any atom is 0.416 e. The van der Waals surface area contributed by atoms with Crippen LogP contribution < -0.4 is 0 Å². The van der Waals surface area contributed by atoms with Gasteiger partial charge in [-0.3, -0.25) is 0 Å². The maximum absolute atomic E-state index is 12.3. The fourth-order valence-corrected chi connectivity index (χ4v) is 1.63. The van der Waals surface area contributed by atoms with Gasteiger partial charge in [0, 0.05) is 0 Å². The van der Waals surface area contributed by atoms with E-state index in [0.717, 1.165) is 12.1 Å². The Kier molecular flexibility index (Phi) is 3.63. The van der Waals surface area contributed by atoms with Gasteiger partial charge in [0.05, 0.1) is 11.2 Å². The van der Waals surface area contributed by atoms with Crippen LogP contribution in [0.3, 0.4) is 0 Å². The highest BCUT2D eigenvalue weighted by molar-refractivity contribution is 5.28. The van der Waals surface area contributed by atoms with Crippen LogP contribution in [0.15, 0.2) is 24.3 Å². The van der Waals surface area contributed by atoms with Crippen molar-refractivity contribution in [2.45, 2.75) is 38.5 Å². The minimum Gasteiger partial charge on any atom is -0.385 e. The van der Waals surface area contributed by atoms with Gasteiger partial charge in [0.1, 0.15) is 0 Å². The van der Waals surface area contributed by atoms with Gasteiger partial charge in [0.25, 0.3) is 0 Å². The van der Waals surface area contributed by atoms with Gasteiger partial charge in [-0.25, -0.2) is 0 Å². The van der Waals surface area contributed by atoms with Gasteiger partial charge in [-0.2, -0.15) is 13.2 Å². The van der Waals surface area contributed by atoms with E-state index in [-0.39, 0.29) is 0 Å². The summed E-state index contributed by atoms with van der Waals surface area (Å²) in [4.78, 5) is 0. The lowest BCUT2D eigenvalue weighted by Crippen LogP contribution is -2.23.